The van der Waals surface area contributed by atoms with Crippen molar-refractivity contribution < 1.29 is 4.79 Å². The molecule has 3 rings (SSSR count). The Labute approximate surface area is 108 Å². The minimum atomic E-state index is 0.173. The van der Waals surface area contributed by atoms with Gasteiger partial charge >= 0.3 is 0 Å². The highest BCUT2D eigenvalue weighted by atomic mass is 16.2. The first-order chi connectivity index (χ1) is 8.56. The van der Waals surface area contributed by atoms with E-state index in [9.17, 15) is 4.79 Å². The highest BCUT2D eigenvalue weighted by Crippen LogP contribution is 2.38. The van der Waals surface area contributed by atoms with Crippen LogP contribution in [0.1, 0.15) is 40.7 Å². The predicted molar refractivity (Wildman–Crippen MR) is 72.5 cm³/mol. The Morgan fingerprint density at radius 1 is 1.28 bits per heavy atom. The van der Waals surface area contributed by atoms with Crippen LogP contribution in [0.4, 0.5) is 5.69 Å². The fourth-order valence-electron chi connectivity index (χ4n) is 3.43. The van der Waals surface area contributed by atoms with Crippen molar-refractivity contribution in [1.29, 1.82) is 0 Å². The topological polar surface area (TPSA) is 46.3 Å². The third kappa shape index (κ3) is 1.69. The summed E-state index contributed by atoms with van der Waals surface area (Å²) in [6.45, 7) is 4.92. The molecule has 1 aliphatic heterocycles. The zero-order valence-corrected chi connectivity index (χ0v) is 11.1. The van der Waals surface area contributed by atoms with E-state index >= 15 is 0 Å². The third-order valence-electron chi connectivity index (χ3n) is 4.51. The van der Waals surface area contributed by atoms with Crippen LogP contribution in [0.25, 0.3) is 0 Å². The number of aryl methyl sites for hydroxylation is 2. The number of nitrogens with zero attached hydrogens (tertiary/aromatic N) is 1. The van der Waals surface area contributed by atoms with Crippen molar-refractivity contribution in [3.05, 3.63) is 28.8 Å². The first-order valence-electron chi connectivity index (χ1n) is 6.74. The zero-order chi connectivity index (χ0) is 12.9. The number of likely N-dealkylation sites (tertiary alicyclic amines) is 1. The number of carbonyl (C=O) groups excluding carboxylic acids is 1. The van der Waals surface area contributed by atoms with Gasteiger partial charge in [0.15, 0.2) is 0 Å². The average Bonchev–Trinajstić information content (AvgIpc) is 2.95. The number of rotatable bonds is 1. The molecule has 1 heterocycles. The molecule has 2 N–H and O–H groups in total. The van der Waals surface area contributed by atoms with Crippen LogP contribution in [0, 0.1) is 19.8 Å². The molecule has 1 aliphatic carbocycles. The maximum Gasteiger partial charge on any atom is 0.254 e. The number of hydrogen-bond donors (Lipinski definition) is 1. The van der Waals surface area contributed by atoms with Gasteiger partial charge in [0.2, 0.25) is 0 Å². The molecule has 2 aliphatic rings. The van der Waals surface area contributed by atoms with Crippen molar-refractivity contribution in [2.45, 2.75) is 39.2 Å². The van der Waals surface area contributed by atoms with E-state index in [1.54, 1.807) is 0 Å². The maximum absolute atomic E-state index is 12.6. The first kappa shape index (κ1) is 11.6. The quantitative estimate of drug-likeness (QED) is 0.772. The van der Waals surface area contributed by atoms with E-state index in [-0.39, 0.29) is 5.91 Å². The van der Waals surface area contributed by atoms with Crippen molar-refractivity contribution in [3.63, 3.8) is 0 Å². The molecule has 1 amide bonds. The summed E-state index contributed by atoms with van der Waals surface area (Å²) in [7, 11) is 0. The van der Waals surface area contributed by atoms with Gasteiger partial charge < -0.3 is 10.6 Å². The normalized spacial score (nSPS) is 25.8. The highest BCUT2D eigenvalue weighted by molar-refractivity contribution is 5.97. The van der Waals surface area contributed by atoms with Gasteiger partial charge in [0.25, 0.3) is 5.91 Å². The van der Waals surface area contributed by atoms with E-state index in [2.05, 4.69) is 4.90 Å². The standard InChI is InChI=1S/C15H20N2O/c1-9-5-10(2)14(16)7-13(9)15(18)17-8-11-3-4-12(17)6-11/h5,7,11-12H,3-4,6,8,16H2,1-2H3. The van der Waals surface area contributed by atoms with Crippen LogP contribution in [-0.4, -0.2) is 23.4 Å². The van der Waals surface area contributed by atoms with Gasteiger partial charge in [-0.25, -0.2) is 0 Å². The third-order valence-corrected chi connectivity index (χ3v) is 4.51. The van der Waals surface area contributed by atoms with Crippen LogP contribution >= 0.6 is 0 Å². The molecule has 2 atom stereocenters. The molecule has 2 fully saturated rings. The van der Waals surface area contributed by atoms with Gasteiger partial charge in [0.1, 0.15) is 0 Å². The van der Waals surface area contributed by atoms with Crippen LogP contribution in [0.3, 0.4) is 0 Å². The molecule has 0 aromatic heterocycles. The lowest BCUT2D eigenvalue weighted by Crippen LogP contribution is -2.38. The van der Waals surface area contributed by atoms with Gasteiger partial charge in [-0.05, 0) is 56.2 Å². The van der Waals surface area contributed by atoms with Crippen LogP contribution in [0.15, 0.2) is 12.1 Å². The van der Waals surface area contributed by atoms with Gasteiger partial charge in [-0.1, -0.05) is 6.07 Å². The van der Waals surface area contributed by atoms with Gasteiger partial charge in [-0.2, -0.15) is 0 Å². The minimum absolute atomic E-state index is 0.173. The Morgan fingerprint density at radius 3 is 2.67 bits per heavy atom. The molecule has 1 aromatic rings. The summed E-state index contributed by atoms with van der Waals surface area (Å²) in [6.07, 6.45) is 3.67. The lowest BCUT2D eigenvalue weighted by molar-refractivity contribution is 0.0703. The fraction of sp³-hybridized carbons (Fsp3) is 0.533. The van der Waals surface area contributed by atoms with Crippen LogP contribution < -0.4 is 5.73 Å². The lowest BCUT2D eigenvalue weighted by atomic mass is 10.0. The average molecular weight is 244 g/mol. The van der Waals surface area contributed by atoms with E-state index in [1.807, 2.05) is 26.0 Å². The summed E-state index contributed by atoms with van der Waals surface area (Å²) in [5.74, 6) is 0.911. The molecular weight excluding hydrogens is 224 g/mol. The van der Waals surface area contributed by atoms with E-state index in [0.717, 1.165) is 29.2 Å². The van der Waals surface area contributed by atoms with Crippen LogP contribution in [0.5, 0.6) is 0 Å². The molecule has 3 heteroatoms. The number of nitrogen functional groups attached to an aromatic ring is 1. The first-order valence-corrected chi connectivity index (χ1v) is 6.74. The molecule has 1 saturated heterocycles. The summed E-state index contributed by atoms with van der Waals surface area (Å²) in [6, 6.07) is 4.33. The molecule has 0 spiro atoms. The summed E-state index contributed by atoms with van der Waals surface area (Å²) >= 11 is 0. The number of nitrogens with two attached hydrogens (primary N) is 1. The maximum atomic E-state index is 12.6. The number of anilines is 1. The smallest absolute Gasteiger partial charge is 0.254 e. The van der Waals surface area contributed by atoms with Gasteiger partial charge in [-0.15, -0.1) is 0 Å². The number of carbonyl (C=O) groups is 1. The number of fused-ring (bicyclic) bond motifs is 2. The molecule has 18 heavy (non-hydrogen) atoms. The molecule has 2 bridgehead atoms. The van der Waals surface area contributed by atoms with Crippen molar-refractivity contribution in [2.24, 2.45) is 5.92 Å². The molecule has 96 valence electrons. The molecule has 2 unspecified atom stereocenters. The number of piperidine rings is 1. The predicted octanol–water partition coefficient (Wildman–Crippen LogP) is 2.51. The fourth-order valence-corrected chi connectivity index (χ4v) is 3.43. The minimum Gasteiger partial charge on any atom is -0.398 e. The van der Waals surface area contributed by atoms with E-state index in [4.69, 9.17) is 5.73 Å². The number of amides is 1. The summed E-state index contributed by atoms with van der Waals surface area (Å²) < 4.78 is 0. The van der Waals surface area contributed by atoms with Crippen molar-refractivity contribution >= 4 is 11.6 Å². The Morgan fingerprint density at radius 2 is 2.06 bits per heavy atom. The van der Waals surface area contributed by atoms with Gasteiger partial charge in [-0.3, -0.25) is 4.79 Å². The van der Waals surface area contributed by atoms with Crippen molar-refractivity contribution in [2.75, 3.05) is 12.3 Å². The molecule has 1 aromatic carbocycles. The molecule has 1 saturated carbocycles. The second kappa shape index (κ2) is 4.01. The monoisotopic (exact) mass is 244 g/mol. The van der Waals surface area contributed by atoms with E-state index in [1.165, 1.54) is 19.3 Å². The summed E-state index contributed by atoms with van der Waals surface area (Å²) in [4.78, 5) is 14.7. The number of hydrogen-bond acceptors (Lipinski definition) is 2. The van der Waals surface area contributed by atoms with E-state index in [0.29, 0.717) is 11.7 Å². The van der Waals surface area contributed by atoms with Crippen molar-refractivity contribution in [3.8, 4) is 0 Å². The second-order valence-corrected chi connectivity index (χ2v) is 5.81. The molecular formula is C15H20N2O. The van der Waals surface area contributed by atoms with Crippen LogP contribution in [-0.2, 0) is 0 Å². The Bertz CT molecular complexity index is 509. The Balaban J connectivity index is 1.91. The lowest BCUT2D eigenvalue weighted by Gasteiger charge is -2.27. The van der Waals surface area contributed by atoms with Gasteiger partial charge in [0.05, 0.1) is 0 Å². The SMILES string of the molecule is Cc1cc(C)c(C(=O)N2CC3CCC2C3)cc1N. The Kier molecular flexibility index (Phi) is 2.58. The second-order valence-electron chi connectivity index (χ2n) is 5.81. The number of benzene rings is 1. The summed E-state index contributed by atoms with van der Waals surface area (Å²) in [5.41, 5.74) is 9.51. The molecule has 3 nitrogen and oxygen atoms in total. The zero-order valence-electron chi connectivity index (χ0n) is 11.1. The Hall–Kier alpha value is -1.51. The largest absolute Gasteiger partial charge is 0.398 e. The molecule has 0 radical (unpaired) electrons. The summed E-state index contributed by atoms with van der Waals surface area (Å²) in [5, 5.41) is 0. The van der Waals surface area contributed by atoms with Crippen LogP contribution in [0.2, 0.25) is 0 Å². The van der Waals surface area contributed by atoms with Crippen molar-refractivity contribution in [1.82, 2.24) is 4.90 Å². The van der Waals surface area contributed by atoms with Gasteiger partial charge in [0, 0.05) is 23.8 Å². The highest BCUT2D eigenvalue weighted by Gasteiger charge is 2.40. The van der Waals surface area contributed by atoms with E-state index < -0.39 is 0 Å².